The van der Waals surface area contributed by atoms with E-state index < -0.39 is 5.97 Å². The number of anilines is 1. The molecule has 5 nitrogen and oxygen atoms in total. The molecule has 0 atom stereocenters. The van der Waals surface area contributed by atoms with Crippen LogP contribution >= 0.6 is 0 Å². The van der Waals surface area contributed by atoms with Crippen LogP contribution in [-0.4, -0.2) is 20.9 Å². The number of aromatic nitrogens is 2. The molecule has 2 aromatic rings. The third kappa shape index (κ3) is 2.28. The average molecular weight is 231 g/mol. The molecule has 1 aromatic heterocycles. The van der Waals surface area contributed by atoms with Gasteiger partial charge in [-0.1, -0.05) is 29.8 Å². The number of carboxylic acids is 1. The first-order valence-corrected chi connectivity index (χ1v) is 5.18. The highest BCUT2D eigenvalue weighted by molar-refractivity contribution is 5.92. The highest BCUT2D eigenvalue weighted by atomic mass is 16.4. The van der Waals surface area contributed by atoms with E-state index in [1.54, 1.807) is 0 Å². The highest BCUT2D eigenvalue weighted by Gasteiger charge is 2.13. The normalized spacial score (nSPS) is 10.4. The molecule has 3 N–H and O–H groups in total. The molecule has 0 bridgehead atoms. The lowest BCUT2D eigenvalue weighted by Crippen LogP contribution is -2.08. The second-order valence-corrected chi connectivity index (χ2v) is 3.90. The first-order chi connectivity index (χ1) is 8.08. The van der Waals surface area contributed by atoms with Crippen molar-refractivity contribution in [3.63, 3.8) is 0 Å². The monoisotopic (exact) mass is 231 g/mol. The summed E-state index contributed by atoms with van der Waals surface area (Å²) in [6.45, 7) is 2.47. The fourth-order valence-electron chi connectivity index (χ4n) is 1.67. The van der Waals surface area contributed by atoms with Crippen LogP contribution in [-0.2, 0) is 6.54 Å². The minimum atomic E-state index is -1.06. The van der Waals surface area contributed by atoms with Gasteiger partial charge in [-0.25, -0.2) is 9.48 Å². The maximum Gasteiger partial charge on any atom is 0.341 e. The Hall–Kier alpha value is -2.30. The molecule has 0 aliphatic rings. The van der Waals surface area contributed by atoms with Gasteiger partial charge in [-0.05, 0) is 12.5 Å². The second kappa shape index (κ2) is 4.29. The Balaban J connectivity index is 2.28. The molecule has 0 aliphatic carbocycles. The van der Waals surface area contributed by atoms with Gasteiger partial charge in [-0.15, -0.1) is 0 Å². The van der Waals surface area contributed by atoms with Gasteiger partial charge in [0.05, 0.1) is 12.7 Å². The van der Waals surface area contributed by atoms with E-state index in [1.807, 2.05) is 31.2 Å². The lowest BCUT2D eigenvalue weighted by molar-refractivity contribution is 0.0698. The van der Waals surface area contributed by atoms with E-state index in [2.05, 4.69) is 5.10 Å². The third-order valence-corrected chi connectivity index (χ3v) is 2.53. The largest absolute Gasteiger partial charge is 0.477 e. The van der Waals surface area contributed by atoms with E-state index in [0.29, 0.717) is 6.54 Å². The fraction of sp³-hybridized carbons (Fsp3) is 0.167. The van der Waals surface area contributed by atoms with E-state index in [9.17, 15) is 4.79 Å². The third-order valence-electron chi connectivity index (χ3n) is 2.53. The molecule has 17 heavy (non-hydrogen) atoms. The summed E-state index contributed by atoms with van der Waals surface area (Å²) in [5.74, 6) is -0.878. The second-order valence-electron chi connectivity index (χ2n) is 3.90. The number of hydrogen-bond donors (Lipinski definition) is 2. The van der Waals surface area contributed by atoms with E-state index >= 15 is 0 Å². The summed E-state index contributed by atoms with van der Waals surface area (Å²) in [6.07, 6.45) is 1.27. The van der Waals surface area contributed by atoms with E-state index in [1.165, 1.54) is 10.9 Å². The standard InChI is InChI=1S/C12H13N3O2/c1-8-3-2-4-9(5-8)7-15-11(13)10(6-14-15)12(16)17/h2-6H,7,13H2,1H3,(H,16,17). The number of rotatable bonds is 3. The van der Waals surface area contributed by atoms with Crippen molar-refractivity contribution in [1.29, 1.82) is 0 Å². The van der Waals surface area contributed by atoms with Crippen molar-refractivity contribution in [2.75, 3.05) is 5.73 Å². The van der Waals surface area contributed by atoms with Crippen molar-refractivity contribution >= 4 is 11.8 Å². The Labute approximate surface area is 98.5 Å². The zero-order valence-electron chi connectivity index (χ0n) is 9.42. The van der Waals surface area contributed by atoms with E-state index in [-0.39, 0.29) is 11.4 Å². The number of aryl methyl sites for hydroxylation is 1. The quantitative estimate of drug-likeness (QED) is 0.839. The Kier molecular flexibility index (Phi) is 2.82. The van der Waals surface area contributed by atoms with Gasteiger partial charge in [0, 0.05) is 0 Å². The zero-order chi connectivity index (χ0) is 12.4. The SMILES string of the molecule is Cc1cccc(Cn2ncc(C(=O)O)c2N)c1. The first kappa shape index (κ1) is 11.2. The number of nitrogens with two attached hydrogens (primary N) is 1. The zero-order valence-corrected chi connectivity index (χ0v) is 9.42. The number of nitrogen functional groups attached to an aromatic ring is 1. The van der Waals surface area contributed by atoms with Crippen molar-refractivity contribution < 1.29 is 9.90 Å². The number of nitrogens with zero attached hydrogens (tertiary/aromatic N) is 2. The predicted octanol–water partition coefficient (Wildman–Crippen LogP) is 1.52. The minimum Gasteiger partial charge on any atom is -0.477 e. The molecular weight excluding hydrogens is 218 g/mol. The van der Waals surface area contributed by atoms with Crippen LogP contribution in [0.25, 0.3) is 0 Å². The first-order valence-electron chi connectivity index (χ1n) is 5.18. The van der Waals surface area contributed by atoms with Crippen LogP contribution in [0.4, 0.5) is 5.82 Å². The number of benzene rings is 1. The number of hydrogen-bond acceptors (Lipinski definition) is 3. The molecule has 0 fully saturated rings. The lowest BCUT2D eigenvalue weighted by atomic mass is 10.1. The van der Waals surface area contributed by atoms with Crippen LogP contribution in [0.2, 0.25) is 0 Å². The minimum absolute atomic E-state index is 0.0395. The van der Waals surface area contributed by atoms with Gasteiger partial charge in [0.2, 0.25) is 0 Å². The molecular formula is C12H13N3O2. The smallest absolute Gasteiger partial charge is 0.341 e. The fourth-order valence-corrected chi connectivity index (χ4v) is 1.67. The molecule has 0 spiro atoms. The van der Waals surface area contributed by atoms with Crippen LogP contribution in [0.1, 0.15) is 21.5 Å². The van der Waals surface area contributed by atoms with Crippen molar-refractivity contribution in [1.82, 2.24) is 9.78 Å². The van der Waals surface area contributed by atoms with Crippen LogP contribution in [0, 0.1) is 6.92 Å². The van der Waals surface area contributed by atoms with Crippen LogP contribution in [0.3, 0.4) is 0 Å². The summed E-state index contributed by atoms with van der Waals surface area (Å²) in [5.41, 5.74) is 7.93. The molecule has 0 amide bonds. The van der Waals surface area contributed by atoms with Gasteiger partial charge in [0.1, 0.15) is 11.4 Å². The van der Waals surface area contributed by atoms with Gasteiger partial charge in [-0.2, -0.15) is 5.10 Å². The molecule has 2 rings (SSSR count). The average Bonchev–Trinajstić information content (AvgIpc) is 2.61. The molecule has 88 valence electrons. The van der Waals surface area contributed by atoms with Gasteiger partial charge < -0.3 is 10.8 Å². The summed E-state index contributed by atoms with van der Waals surface area (Å²) in [7, 11) is 0. The van der Waals surface area contributed by atoms with Crippen molar-refractivity contribution in [3.05, 3.63) is 47.2 Å². The maximum absolute atomic E-state index is 10.8. The molecule has 0 aliphatic heterocycles. The van der Waals surface area contributed by atoms with Crippen molar-refractivity contribution in [2.24, 2.45) is 0 Å². The molecule has 0 radical (unpaired) electrons. The summed E-state index contributed by atoms with van der Waals surface area (Å²) in [4.78, 5) is 10.8. The molecule has 0 unspecified atom stereocenters. The Morgan fingerprint density at radius 2 is 2.29 bits per heavy atom. The summed E-state index contributed by atoms with van der Waals surface area (Å²) in [6, 6.07) is 7.91. The van der Waals surface area contributed by atoms with Crippen molar-refractivity contribution in [3.8, 4) is 0 Å². The number of carbonyl (C=O) groups is 1. The molecule has 0 saturated heterocycles. The van der Waals surface area contributed by atoms with Gasteiger partial charge in [0.15, 0.2) is 0 Å². The van der Waals surface area contributed by atoms with Crippen LogP contribution in [0.15, 0.2) is 30.5 Å². The Bertz CT molecular complexity index is 561. The molecule has 1 heterocycles. The molecule has 0 saturated carbocycles. The lowest BCUT2D eigenvalue weighted by Gasteiger charge is -2.05. The predicted molar refractivity (Wildman–Crippen MR) is 63.9 cm³/mol. The summed E-state index contributed by atoms with van der Waals surface area (Å²) in [5, 5.41) is 12.8. The Morgan fingerprint density at radius 1 is 1.53 bits per heavy atom. The topological polar surface area (TPSA) is 81.1 Å². The van der Waals surface area contributed by atoms with Gasteiger partial charge in [-0.3, -0.25) is 0 Å². The summed E-state index contributed by atoms with van der Waals surface area (Å²) < 4.78 is 1.48. The van der Waals surface area contributed by atoms with Gasteiger partial charge in [0.25, 0.3) is 0 Å². The Morgan fingerprint density at radius 3 is 2.88 bits per heavy atom. The number of aromatic carboxylic acids is 1. The van der Waals surface area contributed by atoms with E-state index in [4.69, 9.17) is 10.8 Å². The highest BCUT2D eigenvalue weighted by Crippen LogP contribution is 2.13. The number of carboxylic acid groups (broad SMARTS) is 1. The van der Waals surface area contributed by atoms with Crippen LogP contribution in [0.5, 0.6) is 0 Å². The van der Waals surface area contributed by atoms with Crippen molar-refractivity contribution in [2.45, 2.75) is 13.5 Å². The summed E-state index contributed by atoms with van der Waals surface area (Å²) >= 11 is 0. The van der Waals surface area contributed by atoms with E-state index in [0.717, 1.165) is 11.1 Å². The molecule has 5 heteroatoms. The van der Waals surface area contributed by atoms with Gasteiger partial charge >= 0.3 is 5.97 Å². The van der Waals surface area contributed by atoms with Crippen LogP contribution < -0.4 is 5.73 Å². The maximum atomic E-state index is 10.8. The molecule has 1 aromatic carbocycles.